The van der Waals surface area contributed by atoms with E-state index in [9.17, 15) is 32.4 Å². The van der Waals surface area contributed by atoms with Crippen LogP contribution >= 0.6 is 0 Å². The lowest BCUT2D eigenvalue weighted by Crippen LogP contribution is -2.58. The molecule has 3 aliphatic rings. The molecule has 3 fully saturated rings. The van der Waals surface area contributed by atoms with Crippen LogP contribution in [0, 0.1) is 5.92 Å². The van der Waals surface area contributed by atoms with Gasteiger partial charge in [0, 0.05) is 30.3 Å². The highest BCUT2D eigenvalue weighted by Crippen LogP contribution is 2.45. The van der Waals surface area contributed by atoms with Gasteiger partial charge in [-0.2, -0.15) is 0 Å². The summed E-state index contributed by atoms with van der Waals surface area (Å²) in [5.41, 5.74) is -2.01. The van der Waals surface area contributed by atoms with E-state index in [1.807, 2.05) is 6.07 Å². The lowest BCUT2D eigenvalue weighted by atomic mass is 10.0. The minimum absolute atomic E-state index is 0.0433. The van der Waals surface area contributed by atoms with Crippen molar-refractivity contribution in [2.75, 3.05) is 13.7 Å². The van der Waals surface area contributed by atoms with Crippen LogP contribution in [0.4, 0.5) is 4.79 Å². The van der Waals surface area contributed by atoms with Gasteiger partial charge in [-0.25, -0.2) is 18.2 Å². The quantitative estimate of drug-likeness (QED) is 0.177. The van der Waals surface area contributed by atoms with Gasteiger partial charge in [-0.1, -0.05) is 12.2 Å². The van der Waals surface area contributed by atoms with Crippen LogP contribution in [-0.4, -0.2) is 96.1 Å². The van der Waals surface area contributed by atoms with Crippen LogP contribution in [0.5, 0.6) is 11.6 Å². The maximum Gasteiger partial charge on any atom is 0.408 e. The van der Waals surface area contributed by atoms with E-state index in [4.69, 9.17) is 14.2 Å². The zero-order valence-electron chi connectivity index (χ0n) is 31.5. The fourth-order valence-corrected chi connectivity index (χ4v) is 7.81. The average Bonchev–Trinajstić information content (AvgIpc) is 4.05. The molecule has 2 saturated carbocycles. The molecule has 5 rings (SSSR count). The van der Waals surface area contributed by atoms with Crippen molar-refractivity contribution < 1.29 is 46.6 Å². The molecule has 0 radical (unpaired) electrons. The third-order valence-electron chi connectivity index (χ3n) is 9.83. The van der Waals surface area contributed by atoms with Crippen molar-refractivity contribution in [3.05, 3.63) is 54.8 Å². The Balaban J connectivity index is 1.45. The topological polar surface area (TPSA) is 199 Å². The highest BCUT2D eigenvalue weighted by Gasteiger charge is 2.62. The summed E-state index contributed by atoms with van der Waals surface area (Å²) < 4.78 is 44.7. The van der Waals surface area contributed by atoms with Crippen LogP contribution in [0.25, 0.3) is 10.8 Å². The number of carbonyl (C=O) groups is 5. The molecule has 0 spiro atoms. The Labute approximate surface area is 315 Å². The molecule has 0 bridgehead atoms. The largest absolute Gasteiger partial charge is 0.497 e. The van der Waals surface area contributed by atoms with Gasteiger partial charge in [0.2, 0.25) is 27.7 Å². The fourth-order valence-electron chi connectivity index (χ4n) is 6.44. The zero-order chi connectivity index (χ0) is 39.6. The lowest BCUT2D eigenvalue weighted by molar-refractivity contribution is -0.141. The Morgan fingerprint density at radius 1 is 1.15 bits per heavy atom. The monoisotopic (exact) mass is 767 g/mol. The summed E-state index contributed by atoms with van der Waals surface area (Å²) in [5, 5.41) is 6.11. The number of alkyl carbamates (subject to hydrolysis) is 1. The number of allylic oxidation sites excluding steroid dienone is 2. The van der Waals surface area contributed by atoms with E-state index in [1.54, 1.807) is 72.2 Å². The molecule has 54 heavy (non-hydrogen) atoms. The van der Waals surface area contributed by atoms with E-state index in [-0.39, 0.29) is 43.9 Å². The van der Waals surface area contributed by atoms with Gasteiger partial charge in [-0.05, 0) is 95.5 Å². The van der Waals surface area contributed by atoms with Crippen LogP contribution in [0.2, 0.25) is 0 Å². The number of pyridine rings is 1. The van der Waals surface area contributed by atoms with Gasteiger partial charge in [0.05, 0.1) is 18.9 Å². The number of carbonyl (C=O) groups excluding carboxylic acids is 5. The van der Waals surface area contributed by atoms with Crippen LogP contribution in [0.15, 0.2) is 54.8 Å². The first kappa shape index (κ1) is 40.2. The number of hydrogen-bond acceptors (Lipinski definition) is 11. The molecule has 2 heterocycles. The number of aromatic nitrogens is 1. The fraction of sp³-hybridized carbons (Fsp3) is 0.526. The summed E-state index contributed by atoms with van der Waals surface area (Å²) in [6, 6.07) is 4.62. The number of sulfonamides is 1. The summed E-state index contributed by atoms with van der Waals surface area (Å²) in [6.45, 7) is 12.0. The summed E-state index contributed by atoms with van der Waals surface area (Å²) in [4.78, 5) is 73.7. The van der Waals surface area contributed by atoms with Crippen molar-refractivity contribution in [3.8, 4) is 11.6 Å². The van der Waals surface area contributed by atoms with E-state index in [0.717, 1.165) is 5.39 Å². The van der Waals surface area contributed by atoms with Crippen LogP contribution in [0.1, 0.15) is 73.1 Å². The molecule has 292 valence electrons. The predicted molar refractivity (Wildman–Crippen MR) is 199 cm³/mol. The Hall–Kier alpha value is -4.99. The second-order valence-electron chi connectivity index (χ2n) is 15.0. The van der Waals surface area contributed by atoms with Gasteiger partial charge in [0.15, 0.2) is 5.78 Å². The number of benzene rings is 1. The smallest absolute Gasteiger partial charge is 0.408 e. The molecule has 1 saturated heterocycles. The number of likely N-dealkylation sites (tertiary alicyclic amines) is 1. The summed E-state index contributed by atoms with van der Waals surface area (Å²) >= 11 is 0. The van der Waals surface area contributed by atoms with Crippen molar-refractivity contribution in [2.45, 2.75) is 108 Å². The van der Waals surface area contributed by atoms with Crippen LogP contribution in [0.3, 0.4) is 0 Å². The molecule has 1 aromatic carbocycles. The number of amides is 4. The highest BCUT2D eigenvalue weighted by atomic mass is 32.2. The molecule has 1 aliphatic heterocycles. The molecule has 2 aromatic rings. The minimum atomic E-state index is -3.93. The second-order valence-corrected chi connectivity index (χ2v) is 17.0. The second kappa shape index (κ2) is 15.8. The molecular weight excluding hydrogens is 719 g/mol. The van der Waals surface area contributed by atoms with Crippen molar-refractivity contribution in [1.29, 1.82) is 0 Å². The summed E-state index contributed by atoms with van der Waals surface area (Å²) in [6.07, 6.45) is 3.75. The Bertz CT molecular complexity index is 1970. The van der Waals surface area contributed by atoms with Gasteiger partial charge < -0.3 is 29.7 Å². The van der Waals surface area contributed by atoms with Crippen molar-refractivity contribution in [3.63, 3.8) is 0 Å². The number of ether oxygens (including phenoxy) is 3. The maximum absolute atomic E-state index is 14.5. The normalized spacial score (nSPS) is 23.2. The first-order valence-corrected chi connectivity index (χ1v) is 19.5. The van der Waals surface area contributed by atoms with Crippen molar-refractivity contribution >= 4 is 50.4 Å². The van der Waals surface area contributed by atoms with E-state index in [2.05, 4.69) is 26.9 Å². The number of nitrogens with zero attached hydrogens (tertiary/aromatic N) is 2. The van der Waals surface area contributed by atoms with Gasteiger partial charge >= 0.3 is 6.09 Å². The van der Waals surface area contributed by atoms with Crippen molar-refractivity contribution in [1.82, 2.24) is 25.2 Å². The molecule has 3 N–H and O–H groups in total. The number of fused-ring (bicyclic) bond motifs is 1. The number of hydrogen-bond donors (Lipinski definition) is 3. The first-order chi connectivity index (χ1) is 25.4. The molecule has 5 atom stereocenters. The van der Waals surface area contributed by atoms with E-state index in [1.165, 1.54) is 11.0 Å². The highest BCUT2D eigenvalue weighted by molar-refractivity contribution is 7.91. The van der Waals surface area contributed by atoms with E-state index in [0.29, 0.717) is 29.6 Å². The SMILES string of the molecule is C=CC1C[C@]1(NC(=O)[C@@H]1C[C@@H](Oc2nccc3cc(OC)ccc23)CN1C(=O)[C@H](CCC(=O)C(C)=CC)NC(=O)OC(C)(C)C)C(=O)NS(=O)(=O)C1CC1. The van der Waals surface area contributed by atoms with Gasteiger partial charge in [-0.3, -0.25) is 23.9 Å². The Kier molecular flexibility index (Phi) is 11.7. The minimum Gasteiger partial charge on any atom is -0.497 e. The number of nitrogens with one attached hydrogen (secondary N) is 3. The first-order valence-electron chi connectivity index (χ1n) is 18.0. The maximum atomic E-state index is 14.5. The molecule has 4 amide bonds. The molecule has 2 aliphatic carbocycles. The summed E-state index contributed by atoms with van der Waals surface area (Å²) in [7, 11) is -2.38. The summed E-state index contributed by atoms with van der Waals surface area (Å²) in [5.74, 6) is -2.21. The third-order valence-corrected chi connectivity index (χ3v) is 11.7. The van der Waals surface area contributed by atoms with Gasteiger partial charge in [-0.15, -0.1) is 6.58 Å². The standard InChI is InChI=1S/C38H49N5O10S/c1-8-22(3)31(44)15-14-29(40-36(48)53-37(4,5)6)34(46)43-21-26(52-33-28-13-10-25(51-7)18-23(28)16-17-39-33)19-30(43)32(45)41-38(20-24(38)9-2)35(47)42-54(49,50)27-11-12-27/h8-10,13,16-18,24,26-27,29-30H,2,11-12,14-15,19-21H2,1,3-7H3,(H,40,48)(H,41,45)(H,42,47)/t24?,26-,29+,30+,38-/m1/s1. The van der Waals surface area contributed by atoms with E-state index < -0.39 is 74.3 Å². The number of Topliss-reactive ketones (excluding diaryl/α,β-unsaturated/α-hetero) is 1. The number of ketones is 1. The van der Waals surface area contributed by atoms with Crippen LogP contribution < -0.4 is 24.8 Å². The zero-order valence-corrected chi connectivity index (χ0v) is 32.3. The molecule has 1 unspecified atom stereocenters. The van der Waals surface area contributed by atoms with Crippen molar-refractivity contribution in [2.24, 2.45) is 5.92 Å². The van der Waals surface area contributed by atoms with E-state index >= 15 is 0 Å². The third kappa shape index (κ3) is 9.20. The molecule has 15 nitrogen and oxygen atoms in total. The van der Waals surface area contributed by atoms with Gasteiger partial charge in [0.1, 0.15) is 35.1 Å². The number of rotatable bonds is 15. The lowest BCUT2D eigenvalue weighted by Gasteiger charge is -2.30. The Morgan fingerprint density at radius 2 is 1.87 bits per heavy atom. The molecule has 1 aromatic heterocycles. The Morgan fingerprint density at radius 3 is 2.48 bits per heavy atom. The van der Waals surface area contributed by atoms with Gasteiger partial charge in [0.25, 0.3) is 5.91 Å². The van der Waals surface area contributed by atoms with Crippen LogP contribution in [-0.2, 0) is 33.9 Å². The number of methoxy groups -OCH3 is 1. The average molecular weight is 768 g/mol. The predicted octanol–water partition coefficient (Wildman–Crippen LogP) is 3.47. The molecule has 16 heteroatoms. The molecular formula is C38H49N5O10S.